The number of rotatable bonds is 11. The van der Waals surface area contributed by atoms with Crippen molar-refractivity contribution < 1.29 is 19.1 Å². The molecule has 106 valence electrons. The molecule has 0 saturated heterocycles. The minimum atomic E-state index is -0.626. The van der Waals surface area contributed by atoms with Crippen LogP contribution in [0.1, 0.15) is 25.7 Å². The zero-order chi connectivity index (χ0) is 13.8. The predicted molar refractivity (Wildman–Crippen MR) is 68.2 cm³/mol. The van der Waals surface area contributed by atoms with E-state index in [1.165, 1.54) is 0 Å². The summed E-state index contributed by atoms with van der Waals surface area (Å²) in [5, 5.41) is 2.70. The van der Waals surface area contributed by atoms with E-state index in [0.29, 0.717) is 39.0 Å². The van der Waals surface area contributed by atoms with Crippen molar-refractivity contribution in [2.75, 3.05) is 34.0 Å². The minimum Gasteiger partial charge on any atom is -0.385 e. The molecule has 0 aliphatic carbocycles. The maximum absolute atomic E-state index is 11.5. The fourth-order valence-electron chi connectivity index (χ4n) is 1.35. The predicted octanol–water partition coefficient (Wildman–Crippen LogP) is -0.148. The van der Waals surface area contributed by atoms with Gasteiger partial charge in [0, 0.05) is 40.2 Å². The maximum Gasteiger partial charge on any atom is 0.236 e. The summed E-state index contributed by atoms with van der Waals surface area (Å²) in [6, 6.07) is -0.626. The zero-order valence-corrected chi connectivity index (χ0v) is 11.2. The fraction of sp³-hybridized carbons (Fsp3) is 0.833. The van der Waals surface area contributed by atoms with E-state index in [2.05, 4.69) is 5.32 Å². The molecule has 0 aliphatic heterocycles. The zero-order valence-electron chi connectivity index (χ0n) is 11.2. The lowest BCUT2D eigenvalue weighted by atomic mass is 10.1. The molecule has 1 unspecified atom stereocenters. The Balaban J connectivity index is 3.63. The fourth-order valence-corrected chi connectivity index (χ4v) is 1.35. The molecular weight excluding hydrogens is 236 g/mol. The SMILES string of the molecule is COCCCNC(=O)C(N)CCC(=O)CCOC. The van der Waals surface area contributed by atoms with Crippen LogP contribution in [0.5, 0.6) is 0 Å². The molecule has 0 radical (unpaired) electrons. The molecule has 0 saturated carbocycles. The lowest BCUT2D eigenvalue weighted by Crippen LogP contribution is -2.41. The highest BCUT2D eigenvalue weighted by atomic mass is 16.5. The number of ether oxygens (including phenoxy) is 2. The third kappa shape index (κ3) is 9.09. The minimum absolute atomic E-state index is 0.0690. The molecule has 0 rings (SSSR count). The molecule has 6 nitrogen and oxygen atoms in total. The first-order valence-corrected chi connectivity index (χ1v) is 6.14. The van der Waals surface area contributed by atoms with Gasteiger partial charge >= 0.3 is 0 Å². The van der Waals surface area contributed by atoms with Crippen molar-refractivity contribution >= 4 is 11.7 Å². The Morgan fingerprint density at radius 1 is 1.17 bits per heavy atom. The van der Waals surface area contributed by atoms with E-state index >= 15 is 0 Å². The molecule has 0 fully saturated rings. The van der Waals surface area contributed by atoms with E-state index in [0.717, 1.165) is 6.42 Å². The Morgan fingerprint density at radius 3 is 2.44 bits per heavy atom. The lowest BCUT2D eigenvalue weighted by Gasteiger charge is -2.11. The van der Waals surface area contributed by atoms with Crippen LogP contribution in [0.3, 0.4) is 0 Å². The van der Waals surface area contributed by atoms with Crippen LogP contribution in [0.2, 0.25) is 0 Å². The largest absolute Gasteiger partial charge is 0.385 e. The summed E-state index contributed by atoms with van der Waals surface area (Å²) in [4.78, 5) is 22.9. The van der Waals surface area contributed by atoms with E-state index in [9.17, 15) is 9.59 Å². The summed E-state index contributed by atoms with van der Waals surface area (Å²) in [7, 11) is 3.16. The van der Waals surface area contributed by atoms with Gasteiger partial charge in [-0.25, -0.2) is 0 Å². The highest BCUT2D eigenvalue weighted by Gasteiger charge is 2.14. The third-order valence-electron chi connectivity index (χ3n) is 2.48. The highest BCUT2D eigenvalue weighted by Crippen LogP contribution is 1.99. The van der Waals surface area contributed by atoms with Gasteiger partial charge in [-0.2, -0.15) is 0 Å². The van der Waals surface area contributed by atoms with Crippen LogP contribution < -0.4 is 11.1 Å². The van der Waals surface area contributed by atoms with Gasteiger partial charge in [-0.05, 0) is 12.8 Å². The van der Waals surface area contributed by atoms with E-state index in [4.69, 9.17) is 15.2 Å². The van der Waals surface area contributed by atoms with Gasteiger partial charge in [0.2, 0.25) is 5.91 Å². The first-order valence-electron chi connectivity index (χ1n) is 6.14. The molecular formula is C12H24N2O4. The first kappa shape index (κ1) is 17.0. The van der Waals surface area contributed by atoms with Gasteiger partial charge in [-0.1, -0.05) is 0 Å². The number of ketones is 1. The van der Waals surface area contributed by atoms with Gasteiger partial charge in [-0.3, -0.25) is 9.59 Å². The van der Waals surface area contributed by atoms with E-state index in [1.807, 2.05) is 0 Å². The summed E-state index contributed by atoms with van der Waals surface area (Å²) < 4.78 is 9.66. The Hall–Kier alpha value is -0.980. The van der Waals surface area contributed by atoms with Crippen molar-refractivity contribution in [2.45, 2.75) is 31.7 Å². The number of hydrogen-bond donors (Lipinski definition) is 2. The molecule has 1 atom stereocenters. The molecule has 0 aromatic heterocycles. The van der Waals surface area contributed by atoms with Crippen molar-refractivity contribution in [2.24, 2.45) is 5.73 Å². The Bertz CT molecular complexity index is 246. The topological polar surface area (TPSA) is 90.6 Å². The maximum atomic E-state index is 11.5. The summed E-state index contributed by atoms with van der Waals surface area (Å²) in [6.45, 7) is 1.56. The molecule has 0 spiro atoms. The Kier molecular flexibility index (Phi) is 10.5. The number of hydrogen-bond acceptors (Lipinski definition) is 5. The molecule has 0 bridgehead atoms. The van der Waals surface area contributed by atoms with Gasteiger partial charge in [0.05, 0.1) is 12.6 Å². The molecule has 1 amide bonds. The van der Waals surface area contributed by atoms with Crippen LogP contribution in [-0.2, 0) is 19.1 Å². The van der Waals surface area contributed by atoms with Crippen LogP contribution in [0.4, 0.5) is 0 Å². The molecule has 18 heavy (non-hydrogen) atoms. The molecule has 0 heterocycles. The van der Waals surface area contributed by atoms with Gasteiger partial charge in [0.15, 0.2) is 0 Å². The van der Waals surface area contributed by atoms with E-state index in [-0.39, 0.29) is 11.7 Å². The number of nitrogens with one attached hydrogen (secondary N) is 1. The third-order valence-corrected chi connectivity index (χ3v) is 2.48. The Labute approximate surface area is 108 Å². The van der Waals surface area contributed by atoms with Crippen LogP contribution in [-0.4, -0.2) is 51.7 Å². The van der Waals surface area contributed by atoms with Gasteiger partial charge < -0.3 is 20.5 Å². The number of carbonyl (C=O) groups is 2. The average Bonchev–Trinajstić information content (AvgIpc) is 2.38. The van der Waals surface area contributed by atoms with Crippen LogP contribution in [0.15, 0.2) is 0 Å². The monoisotopic (exact) mass is 260 g/mol. The Morgan fingerprint density at radius 2 is 1.83 bits per heavy atom. The second kappa shape index (κ2) is 11.1. The number of methoxy groups -OCH3 is 2. The number of Topliss-reactive ketones (excluding diaryl/α,β-unsaturated/α-hetero) is 1. The quantitative estimate of drug-likeness (QED) is 0.504. The van der Waals surface area contributed by atoms with Crippen LogP contribution in [0.25, 0.3) is 0 Å². The van der Waals surface area contributed by atoms with Crippen molar-refractivity contribution in [3.05, 3.63) is 0 Å². The lowest BCUT2D eigenvalue weighted by molar-refractivity contribution is -0.123. The normalized spacial score (nSPS) is 12.2. The second-order valence-corrected chi connectivity index (χ2v) is 4.06. The average molecular weight is 260 g/mol. The van der Waals surface area contributed by atoms with Crippen molar-refractivity contribution in [1.82, 2.24) is 5.32 Å². The number of nitrogens with two attached hydrogens (primary N) is 1. The van der Waals surface area contributed by atoms with Crippen LogP contribution in [0, 0.1) is 0 Å². The number of amides is 1. The van der Waals surface area contributed by atoms with Crippen molar-refractivity contribution in [3.63, 3.8) is 0 Å². The molecule has 0 aliphatic rings. The summed E-state index contributed by atoms with van der Waals surface area (Å²) in [5.41, 5.74) is 5.68. The summed E-state index contributed by atoms with van der Waals surface area (Å²) in [5.74, 6) is -0.148. The summed E-state index contributed by atoms with van der Waals surface area (Å²) in [6.07, 6.45) is 1.81. The molecule has 3 N–H and O–H groups in total. The molecule has 6 heteroatoms. The van der Waals surface area contributed by atoms with E-state index in [1.54, 1.807) is 14.2 Å². The smallest absolute Gasteiger partial charge is 0.236 e. The van der Waals surface area contributed by atoms with Gasteiger partial charge in [0.1, 0.15) is 5.78 Å². The first-order chi connectivity index (χ1) is 8.61. The summed E-state index contributed by atoms with van der Waals surface area (Å²) >= 11 is 0. The molecule has 0 aromatic rings. The standard InChI is InChI=1S/C12H24N2O4/c1-17-8-3-7-14-12(16)11(13)5-4-10(15)6-9-18-2/h11H,3-9,13H2,1-2H3,(H,14,16). The van der Waals surface area contributed by atoms with Crippen molar-refractivity contribution in [1.29, 1.82) is 0 Å². The number of carbonyl (C=O) groups excluding carboxylic acids is 2. The highest BCUT2D eigenvalue weighted by molar-refractivity contribution is 5.83. The molecule has 0 aromatic carbocycles. The van der Waals surface area contributed by atoms with Gasteiger partial charge in [-0.15, -0.1) is 0 Å². The second-order valence-electron chi connectivity index (χ2n) is 4.06. The van der Waals surface area contributed by atoms with Crippen LogP contribution >= 0.6 is 0 Å². The van der Waals surface area contributed by atoms with Gasteiger partial charge in [0.25, 0.3) is 0 Å². The van der Waals surface area contributed by atoms with Crippen molar-refractivity contribution in [3.8, 4) is 0 Å². The van der Waals surface area contributed by atoms with E-state index < -0.39 is 6.04 Å².